The Hall–Kier alpha value is -2.95. The first-order valence-corrected chi connectivity index (χ1v) is 8.54. The van der Waals surface area contributed by atoms with E-state index in [1.54, 1.807) is 13.1 Å². The van der Waals surface area contributed by atoms with Gasteiger partial charge in [0.05, 0.1) is 25.5 Å². The van der Waals surface area contributed by atoms with Crippen LogP contribution < -0.4 is 21.7 Å². The summed E-state index contributed by atoms with van der Waals surface area (Å²) in [5.74, 6) is -3.13. The van der Waals surface area contributed by atoms with Crippen molar-refractivity contribution < 1.29 is 24.3 Å². The summed E-state index contributed by atoms with van der Waals surface area (Å²) < 4.78 is 0. The lowest BCUT2D eigenvalue weighted by atomic mass is 9.99. The maximum absolute atomic E-state index is 11.8. The number of carboxylic acid groups (broad SMARTS) is 1. The van der Waals surface area contributed by atoms with E-state index >= 15 is 0 Å². The standard InChI is InChI=1S/C16H26N6O5/c1-3-9(2)14(16(26)27)22-13(24)7-19-12(23)6-20-15(25)11(17)4-10-5-18-8-21-10/h5,8-9,11,14H,3-4,6-7,17H2,1-2H3,(H,18,21)(H,19,23)(H,20,25)(H,22,24)(H,26,27). The average Bonchev–Trinajstić information content (AvgIpc) is 3.14. The van der Waals surface area contributed by atoms with Gasteiger partial charge in [-0.05, 0) is 5.92 Å². The Morgan fingerprint density at radius 3 is 2.44 bits per heavy atom. The smallest absolute Gasteiger partial charge is 0.326 e. The summed E-state index contributed by atoms with van der Waals surface area (Å²) in [7, 11) is 0. The molecule has 0 aliphatic rings. The van der Waals surface area contributed by atoms with Gasteiger partial charge in [0.1, 0.15) is 6.04 Å². The molecular weight excluding hydrogens is 356 g/mol. The molecule has 0 saturated carbocycles. The van der Waals surface area contributed by atoms with Gasteiger partial charge in [0.15, 0.2) is 0 Å². The molecule has 0 bridgehead atoms. The van der Waals surface area contributed by atoms with Crippen LogP contribution in [0.3, 0.4) is 0 Å². The molecule has 1 rings (SSSR count). The highest BCUT2D eigenvalue weighted by Crippen LogP contribution is 2.07. The number of hydrogen-bond donors (Lipinski definition) is 6. The van der Waals surface area contributed by atoms with E-state index in [2.05, 4.69) is 25.9 Å². The largest absolute Gasteiger partial charge is 0.480 e. The molecule has 11 nitrogen and oxygen atoms in total. The number of nitrogens with two attached hydrogens (primary N) is 1. The topological polar surface area (TPSA) is 179 Å². The van der Waals surface area contributed by atoms with Crippen LogP contribution in [0.4, 0.5) is 0 Å². The summed E-state index contributed by atoms with van der Waals surface area (Å²) in [5, 5.41) is 16.2. The van der Waals surface area contributed by atoms with Crippen LogP contribution in [0.1, 0.15) is 26.0 Å². The third-order valence-corrected chi connectivity index (χ3v) is 4.00. The minimum absolute atomic E-state index is 0.238. The summed E-state index contributed by atoms with van der Waals surface area (Å²) in [4.78, 5) is 53.2. The zero-order valence-electron chi connectivity index (χ0n) is 15.3. The van der Waals surface area contributed by atoms with Gasteiger partial charge in [-0.2, -0.15) is 0 Å². The van der Waals surface area contributed by atoms with Gasteiger partial charge in [0.25, 0.3) is 0 Å². The van der Waals surface area contributed by atoms with Gasteiger partial charge < -0.3 is 31.8 Å². The van der Waals surface area contributed by atoms with Gasteiger partial charge in [-0.25, -0.2) is 9.78 Å². The Morgan fingerprint density at radius 1 is 1.22 bits per heavy atom. The molecule has 0 spiro atoms. The zero-order valence-corrected chi connectivity index (χ0v) is 15.3. The number of aromatic nitrogens is 2. The van der Waals surface area contributed by atoms with E-state index in [-0.39, 0.29) is 18.9 Å². The predicted octanol–water partition coefficient (Wildman–Crippen LogP) is -1.87. The molecule has 1 aromatic heterocycles. The SMILES string of the molecule is CCC(C)C(NC(=O)CNC(=O)CNC(=O)C(N)Cc1cnc[nH]1)C(=O)O. The molecule has 11 heteroatoms. The van der Waals surface area contributed by atoms with Crippen LogP contribution in [-0.4, -0.2) is 63.9 Å². The molecule has 3 atom stereocenters. The molecule has 0 radical (unpaired) electrons. The molecule has 0 fully saturated rings. The molecule has 0 saturated heterocycles. The number of carbonyl (C=O) groups excluding carboxylic acids is 3. The summed E-state index contributed by atoms with van der Waals surface area (Å²) in [6.45, 7) is 2.78. The molecule has 0 aliphatic heterocycles. The van der Waals surface area contributed by atoms with Crippen molar-refractivity contribution in [2.75, 3.05) is 13.1 Å². The molecule has 0 aliphatic carbocycles. The Labute approximate surface area is 156 Å². The number of hydrogen-bond acceptors (Lipinski definition) is 6. The molecular formula is C16H26N6O5. The van der Waals surface area contributed by atoms with Crippen LogP contribution in [0, 0.1) is 5.92 Å². The van der Waals surface area contributed by atoms with Crippen molar-refractivity contribution in [2.45, 2.75) is 38.8 Å². The molecule has 0 aromatic carbocycles. The molecule has 7 N–H and O–H groups in total. The maximum atomic E-state index is 11.8. The fourth-order valence-corrected chi connectivity index (χ4v) is 2.17. The van der Waals surface area contributed by atoms with Crippen molar-refractivity contribution in [3.8, 4) is 0 Å². The maximum Gasteiger partial charge on any atom is 0.326 e. The van der Waals surface area contributed by atoms with Crippen molar-refractivity contribution in [2.24, 2.45) is 11.7 Å². The van der Waals surface area contributed by atoms with Gasteiger partial charge in [0.2, 0.25) is 17.7 Å². The van der Waals surface area contributed by atoms with E-state index in [0.717, 1.165) is 0 Å². The fourth-order valence-electron chi connectivity index (χ4n) is 2.17. The molecule has 27 heavy (non-hydrogen) atoms. The second-order valence-electron chi connectivity index (χ2n) is 6.15. The average molecular weight is 382 g/mol. The number of imidazole rings is 1. The van der Waals surface area contributed by atoms with Gasteiger partial charge in [-0.3, -0.25) is 14.4 Å². The minimum Gasteiger partial charge on any atom is -0.480 e. The lowest BCUT2D eigenvalue weighted by molar-refractivity contribution is -0.143. The summed E-state index contributed by atoms with van der Waals surface area (Å²) in [6, 6.07) is -1.88. The van der Waals surface area contributed by atoms with Crippen LogP contribution in [0.15, 0.2) is 12.5 Å². The number of carbonyl (C=O) groups is 4. The molecule has 3 unspecified atom stereocenters. The van der Waals surface area contributed by atoms with E-state index in [0.29, 0.717) is 12.1 Å². The van der Waals surface area contributed by atoms with Crippen LogP contribution in [0.2, 0.25) is 0 Å². The quantitative estimate of drug-likeness (QED) is 0.259. The van der Waals surface area contributed by atoms with E-state index in [1.165, 1.54) is 6.33 Å². The second-order valence-corrected chi connectivity index (χ2v) is 6.15. The van der Waals surface area contributed by atoms with Crippen molar-refractivity contribution in [3.05, 3.63) is 18.2 Å². The first kappa shape index (κ1) is 22.1. The highest BCUT2D eigenvalue weighted by atomic mass is 16.4. The second kappa shape index (κ2) is 10.9. The number of aliphatic carboxylic acids is 1. The van der Waals surface area contributed by atoms with E-state index in [9.17, 15) is 19.2 Å². The van der Waals surface area contributed by atoms with Gasteiger partial charge >= 0.3 is 5.97 Å². The van der Waals surface area contributed by atoms with Crippen molar-refractivity contribution in [1.29, 1.82) is 0 Å². The molecule has 3 amide bonds. The number of rotatable bonds is 11. The van der Waals surface area contributed by atoms with Gasteiger partial charge in [-0.1, -0.05) is 20.3 Å². The number of nitrogens with zero attached hydrogens (tertiary/aromatic N) is 1. The molecule has 1 aromatic rings. The molecule has 1 heterocycles. The Balaban J connectivity index is 2.32. The van der Waals surface area contributed by atoms with Crippen LogP contribution in [0.25, 0.3) is 0 Å². The highest BCUT2D eigenvalue weighted by Gasteiger charge is 2.25. The number of H-pyrrole nitrogens is 1. The first-order valence-electron chi connectivity index (χ1n) is 8.54. The van der Waals surface area contributed by atoms with Crippen molar-refractivity contribution in [3.63, 3.8) is 0 Å². The number of aromatic amines is 1. The van der Waals surface area contributed by atoms with Gasteiger partial charge in [-0.15, -0.1) is 0 Å². The number of nitrogens with one attached hydrogen (secondary N) is 4. The Morgan fingerprint density at radius 2 is 1.89 bits per heavy atom. The van der Waals surface area contributed by atoms with Crippen molar-refractivity contribution >= 4 is 23.7 Å². The normalized spacial score (nSPS) is 13.9. The Bertz CT molecular complexity index is 648. The van der Waals surface area contributed by atoms with E-state index in [1.807, 2.05) is 6.92 Å². The zero-order chi connectivity index (χ0) is 20.4. The van der Waals surface area contributed by atoms with E-state index in [4.69, 9.17) is 10.8 Å². The summed E-state index contributed by atoms with van der Waals surface area (Å²) in [6.07, 6.45) is 3.83. The Kier molecular flexibility index (Phi) is 8.93. The van der Waals surface area contributed by atoms with Gasteiger partial charge in [0, 0.05) is 18.3 Å². The minimum atomic E-state index is -1.14. The van der Waals surface area contributed by atoms with Crippen LogP contribution >= 0.6 is 0 Å². The lowest BCUT2D eigenvalue weighted by Gasteiger charge is -2.20. The first-order chi connectivity index (χ1) is 12.7. The fraction of sp³-hybridized carbons (Fsp3) is 0.562. The lowest BCUT2D eigenvalue weighted by Crippen LogP contribution is -2.50. The molecule has 150 valence electrons. The number of amides is 3. The monoisotopic (exact) mass is 382 g/mol. The predicted molar refractivity (Wildman–Crippen MR) is 95.3 cm³/mol. The summed E-state index contributed by atoms with van der Waals surface area (Å²) >= 11 is 0. The van der Waals surface area contributed by atoms with E-state index < -0.39 is 42.3 Å². The summed E-state index contributed by atoms with van der Waals surface area (Å²) in [5.41, 5.74) is 6.42. The van der Waals surface area contributed by atoms with Crippen LogP contribution in [0.5, 0.6) is 0 Å². The number of carboxylic acids is 1. The third kappa shape index (κ3) is 7.86. The van der Waals surface area contributed by atoms with Crippen LogP contribution in [-0.2, 0) is 25.6 Å². The third-order valence-electron chi connectivity index (χ3n) is 4.00. The highest BCUT2D eigenvalue weighted by molar-refractivity contribution is 5.90. The van der Waals surface area contributed by atoms with Crippen molar-refractivity contribution in [1.82, 2.24) is 25.9 Å².